The molecule has 0 unspecified atom stereocenters. The summed E-state index contributed by atoms with van der Waals surface area (Å²) in [6.45, 7) is 4.54. The molecule has 2 saturated carbocycles. The summed E-state index contributed by atoms with van der Waals surface area (Å²) in [7, 11) is 0. The summed E-state index contributed by atoms with van der Waals surface area (Å²) in [4.78, 5) is 0. The molecule has 166 valence electrons. The fourth-order valence-corrected chi connectivity index (χ4v) is 5.88. The smallest absolute Gasteiger partial charge is 0.219 e. The summed E-state index contributed by atoms with van der Waals surface area (Å²) in [5, 5.41) is 8.70. The molecule has 0 radical (unpaired) electrons. The molecular formula is C26H46N2O. The van der Waals surface area contributed by atoms with E-state index in [4.69, 9.17) is 4.42 Å². The third-order valence-electron chi connectivity index (χ3n) is 7.87. The first kappa shape index (κ1) is 22.8. The highest BCUT2D eigenvalue weighted by molar-refractivity contribution is 4.95. The Kier molecular flexibility index (Phi) is 10.0. The average Bonchev–Trinajstić information content (AvgIpc) is 3.23. The van der Waals surface area contributed by atoms with Crippen LogP contribution in [0.1, 0.15) is 141 Å². The first-order chi connectivity index (χ1) is 14.3. The molecule has 3 heteroatoms. The Bertz CT molecular complexity index is 539. The van der Waals surface area contributed by atoms with Crippen LogP contribution in [0.3, 0.4) is 0 Å². The monoisotopic (exact) mass is 402 g/mol. The second kappa shape index (κ2) is 12.7. The van der Waals surface area contributed by atoms with Crippen molar-refractivity contribution in [1.82, 2.24) is 10.2 Å². The van der Waals surface area contributed by atoms with E-state index in [0.29, 0.717) is 5.92 Å². The first-order valence-electron chi connectivity index (χ1n) is 13.1. The van der Waals surface area contributed by atoms with Gasteiger partial charge in [-0.25, -0.2) is 0 Å². The fraction of sp³-hybridized carbons (Fsp3) is 0.923. The summed E-state index contributed by atoms with van der Waals surface area (Å²) >= 11 is 0. The highest BCUT2D eigenvalue weighted by atomic mass is 16.4. The third kappa shape index (κ3) is 7.40. The zero-order chi connectivity index (χ0) is 20.3. The molecule has 2 fully saturated rings. The quantitative estimate of drug-likeness (QED) is 0.330. The number of hydrogen-bond donors (Lipinski definition) is 0. The molecule has 0 amide bonds. The summed E-state index contributed by atoms with van der Waals surface area (Å²) in [6.07, 6.45) is 24.6. The number of aryl methyl sites for hydroxylation is 1. The van der Waals surface area contributed by atoms with Crippen molar-refractivity contribution in [3.05, 3.63) is 11.8 Å². The molecule has 0 bridgehead atoms. The predicted octanol–water partition coefficient (Wildman–Crippen LogP) is 8.24. The van der Waals surface area contributed by atoms with Crippen LogP contribution in [0, 0.1) is 17.8 Å². The Morgan fingerprint density at radius 1 is 0.690 bits per heavy atom. The highest BCUT2D eigenvalue weighted by Crippen LogP contribution is 2.44. The molecule has 2 aliphatic carbocycles. The van der Waals surface area contributed by atoms with Crippen LogP contribution in [-0.2, 0) is 6.42 Å². The Labute approximate surface area is 179 Å². The Morgan fingerprint density at radius 3 is 2.00 bits per heavy atom. The van der Waals surface area contributed by atoms with Crippen LogP contribution >= 0.6 is 0 Å². The minimum Gasteiger partial charge on any atom is -0.425 e. The van der Waals surface area contributed by atoms with Gasteiger partial charge in [0.05, 0.1) is 0 Å². The van der Waals surface area contributed by atoms with Crippen molar-refractivity contribution < 1.29 is 4.42 Å². The molecule has 0 aromatic carbocycles. The number of aromatic nitrogens is 2. The van der Waals surface area contributed by atoms with E-state index in [1.807, 2.05) is 0 Å². The molecule has 0 N–H and O–H groups in total. The average molecular weight is 403 g/mol. The summed E-state index contributed by atoms with van der Waals surface area (Å²) in [6, 6.07) is 0. The Balaban J connectivity index is 1.32. The normalized spacial score (nSPS) is 27.9. The van der Waals surface area contributed by atoms with Crippen LogP contribution < -0.4 is 0 Å². The van der Waals surface area contributed by atoms with Gasteiger partial charge >= 0.3 is 0 Å². The van der Waals surface area contributed by atoms with E-state index >= 15 is 0 Å². The molecular weight excluding hydrogens is 356 g/mol. The van der Waals surface area contributed by atoms with Crippen molar-refractivity contribution >= 4 is 0 Å². The number of rotatable bonds is 12. The van der Waals surface area contributed by atoms with Crippen LogP contribution in [0.2, 0.25) is 0 Å². The summed E-state index contributed by atoms with van der Waals surface area (Å²) in [5.74, 6) is 5.32. The highest BCUT2D eigenvalue weighted by Gasteiger charge is 2.32. The second-order valence-corrected chi connectivity index (χ2v) is 10.1. The minimum absolute atomic E-state index is 0.526. The van der Waals surface area contributed by atoms with Crippen LogP contribution in [0.25, 0.3) is 0 Å². The molecule has 1 heterocycles. The van der Waals surface area contributed by atoms with Crippen molar-refractivity contribution in [3.8, 4) is 0 Å². The first-order valence-corrected chi connectivity index (χ1v) is 13.1. The lowest BCUT2D eigenvalue weighted by Crippen LogP contribution is -2.25. The zero-order valence-electron chi connectivity index (χ0n) is 19.3. The van der Waals surface area contributed by atoms with Gasteiger partial charge in [0.2, 0.25) is 11.8 Å². The van der Waals surface area contributed by atoms with Gasteiger partial charge in [-0.2, -0.15) is 0 Å². The van der Waals surface area contributed by atoms with Crippen molar-refractivity contribution in [3.63, 3.8) is 0 Å². The van der Waals surface area contributed by atoms with Crippen molar-refractivity contribution in [1.29, 1.82) is 0 Å². The number of unbranched alkanes of at least 4 members (excludes halogenated alkanes) is 6. The largest absolute Gasteiger partial charge is 0.425 e. The van der Waals surface area contributed by atoms with Crippen molar-refractivity contribution in [2.24, 2.45) is 17.8 Å². The number of nitrogens with zero attached hydrogens (tertiary/aromatic N) is 2. The lowest BCUT2D eigenvalue weighted by molar-refractivity contribution is 0.150. The zero-order valence-corrected chi connectivity index (χ0v) is 19.3. The van der Waals surface area contributed by atoms with E-state index < -0.39 is 0 Å². The van der Waals surface area contributed by atoms with Crippen LogP contribution in [-0.4, -0.2) is 10.2 Å². The molecule has 2 aliphatic rings. The van der Waals surface area contributed by atoms with Gasteiger partial charge in [0.15, 0.2) is 0 Å². The van der Waals surface area contributed by atoms with Gasteiger partial charge in [0, 0.05) is 12.3 Å². The Hall–Kier alpha value is -0.860. The lowest BCUT2D eigenvalue weighted by atomic mass is 9.68. The molecule has 0 aliphatic heterocycles. The van der Waals surface area contributed by atoms with Gasteiger partial charge in [0.1, 0.15) is 0 Å². The maximum Gasteiger partial charge on any atom is 0.219 e. The minimum atomic E-state index is 0.526. The van der Waals surface area contributed by atoms with E-state index in [1.165, 1.54) is 109 Å². The third-order valence-corrected chi connectivity index (χ3v) is 7.87. The van der Waals surface area contributed by atoms with Gasteiger partial charge in [-0.3, -0.25) is 0 Å². The molecule has 0 atom stereocenters. The van der Waals surface area contributed by atoms with E-state index in [-0.39, 0.29) is 0 Å². The van der Waals surface area contributed by atoms with Crippen LogP contribution in [0.15, 0.2) is 4.42 Å². The maximum atomic E-state index is 6.00. The molecule has 3 nitrogen and oxygen atoms in total. The van der Waals surface area contributed by atoms with E-state index in [1.54, 1.807) is 0 Å². The SMILES string of the molecule is CCCCCCCC1CCC(C2CCC(c3nnc(CCCCC)o3)CC2)CC1. The summed E-state index contributed by atoms with van der Waals surface area (Å²) < 4.78 is 6.00. The van der Waals surface area contributed by atoms with Crippen LogP contribution in [0.5, 0.6) is 0 Å². The molecule has 29 heavy (non-hydrogen) atoms. The van der Waals surface area contributed by atoms with Gasteiger partial charge in [-0.15, -0.1) is 10.2 Å². The maximum absolute atomic E-state index is 6.00. The van der Waals surface area contributed by atoms with Gasteiger partial charge < -0.3 is 4.42 Å². The van der Waals surface area contributed by atoms with Crippen LogP contribution in [0.4, 0.5) is 0 Å². The second-order valence-electron chi connectivity index (χ2n) is 10.1. The molecule has 1 aromatic heterocycles. The fourth-order valence-electron chi connectivity index (χ4n) is 5.88. The molecule has 0 spiro atoms. The Morgan fingerprint density at radius 2 is 1.31 bits per heavy atom. The van der Waals surface area contributed by atoms with Crippen molar-refractivity contribution in [2.45, 2.75) is 135 Å². The summed E-state index contributed by atoms with van der Waals surface area (Å²) in [5.41, 5.74) is 0. The predicted molar refractivity (Wildman–Crippen MR) is 121 cm³/mol. The molecule has 0 saturated heterocycles. The molecule has 3 rings (SSSR count). The van der Waals surface area contributed by atoms with Crippen molar-refractivity contribution in [2.75, 3.05) is 0 Å². The van der Waals surface area contributed by atoms with E-state index in [9.17, 15) is 0 Å². The van der Waals surface area contributed by atoms with Gasteiger partial charge in [-0.1, -0.05) is 78.1 Å². The van der Waals surface area contributed by atoms with E-state index in [0.717, 1.165) is 36.0 Å². The standard InChI is InChI=1S/C26H46N2O/c1-3-5-7-8-10-11-21-13-15-22(16-14-21)23-17-19-24(20-18-23)26-28-27-25(29-26)12-9-6-4-2/h21-24H,3-20H2,1-2H3. The topological polar surface area (TPSA) is 38.9 Å². The van der Waals surface area contributed by atoms with Gasteiger partial charge in [0.25, 0.3) is 0 Å². The van der Waals surface area contributed by atoms with E-state index in [2.05, 4.69) is 24.0 Å². The van der Waals surface area contributed by atoms with Gasteiger partial charge in [-0.05, 0) is 62.7 Å². The molecule has 1 aromatic rings. The number of hydrogen-bond acceptors (Lipinski definition) is 3. The lowest BCUT2D eigenvalue weighted by Gasteiger charge is -2.37.